The molecule has 0 bridgehead atoms. The van der Waals surface area contributed by atoms with Crippen LogP contribution in [0, 0.1) is 0 Å². The number of nitrogens with zero attached hydrogens (tertiary/aromatic N) is 1. The van der Waals surface area contributed by atoms with Crippen LogP contribution in [-0.4, -0.2) is 10.5 Å². The van der Waals surface area contributed by atoms with Crippen LogP contribution in [0.1, 0.15) is 10.5 Å². The van der Waals surface area contributed by atoms with E-state index in [1.807, 2.05) is 0 Å². The summed E-state index contributed by atoms with van der Waals surface area (Å²) < 4.78 is 8.36. The molecule has 3 nitrogen and oxygen atoms in total. The third-order valence-electron chi connectivity index (χ3n) is 1.77. The zero-order valence-corrected chi connectivity index (χ0v) is 9.68. The van der Waals surface area contributed by atoms with Crippen molar-refractivity contribution in [1.82, 2.24) is 4.57 Å². The predicted molar refractivity (Wildman–Crippen MR) is 54.4 cm³/mol. The first kappa shape index (κ1) is 9.02. The topological polar surface area (TPSA) is 31.2 Å². The van der Waals surface area contributed by atoms with Gasteiger partial charge >= 0.3 is 5.97 Å². The fourth-order valence-corrected chi connectivity index (χ4v) is 2.07. The van der Waals surface area contributed by atoms with Crippen LogP contribution < -0.4 is 0 Å². The van der Waals surface area contributed by atoms with Crippen molar-refractivity contribution >= 4 is 37.8 Å². The monoisotopic (exact) mass is 305 g/mol. The van der Waals surface area contributed by atoms with Crippen molar-refractivity contribution in [1.29, 1.82) is 0 Å². The van der Waals surface area contributed by atoms with Crippen molar-refractivity contribution in [2.75, 3.05) is 0 Å². The second-order valence-corrected chi connectivity index (χ2v) is 4.29. The van der Waals surface area contributed by atoms with E-state index < -0.39 is 0 Å². The third-order valence-corrected chi connectivity index (χ3v) is 3.76. The van der Waals surface area contributed by atoms with Gasteiger partial charge in [0.1, 0.15) is 16.1 Å². The van der Waals surface area contributed by atoms with Crippen molar-refractivity contribution < 1.29 is 9.53 Å². The molecule has 1 aliphatic rings. The van der Waals surface area contributed by atoms with Gasteiger partial charge in [-0.05, 0) is 37.9 Å². The maximum absolute atomic E-state index is 11.3. The van der Waals surface area contributed by atoms with Gasteiger partial charge in [0.05, 0.1) is 11.0 Å². The molecule has 2 rings (SSSR count). The minimum absolute atomic E-state index is 0.359. The number of hydrogen-bond acceptors (Lipinski definition) is 2. The van der Waals surface area contributed by atoms with E-state index >= 15 is 0 Å². The molecule has 0 atom stereocenters. The van der Waals surface area contributed by atoms with Gasteiger partial charge in [-0.15, -0.1) is 0 Å². The zero-order chi connectivity index (χ0) is 9.59. The first-order valence-corrected chi connectivity index (χ1v) is 5.12. The molecule has 0 aliphatic carbocycles. The number of ether oxygens (including phenoxy) is 1. The van der Waals surface area contributed by atoms with Crippen LogP contribution in [0.3, 0.4) is 0 Å². The molecule has 13 heavy (non-hydrogen) atoms. The van der Waals surface area contributed by atoms with E-state index in [4.69, 9.17) is 4.74 Å². The lowest BCUT2D eigenvalue weighted by Gasteiger charge is -2.17. The lowest BCUT2D eigenvalue weighted by Crippen LogP contribution is -2.20. The number of fused-ring (bicyclic) bond motifs is 1. The van der Waals surface area contributed by atoms with Gasteiger partial charge in [-0.1, -0.05) is 6.58 Å². The fraction of sp³-hybridized carbons (Fsp3) is 0.125. The number of carbonyl (C=O) groups is 1. The van der Waals surface area contributed by atoms with Gasteiger partial charge in [0.15, 0.2) is 0 Å². The number of allylic oxidation sites excluding steroid dienone is 1. The highest BCUT2D eigenvalue weighted by molar-refractivity contribution is 9.13. The fourth-order valence-electron chi connectivity index (χ4n) is 1.21. The lowest BCUT2D eigenvalue weighted by molar-refractivity contribution is 0.0562. The Hall–Kier alpha value is -0.550. The summed E-state index contributed by atoms with van der Waals surface area (Å²) >= 11 is 6.68. The molecule has 0 radical (unpaired) electrons. The summed E-state index contributed by atoms with van der Waals surface area (Å²) in [6, 6.07) is 1.72. The van der Waals surface area contributed by atoms with Crippen molar-refractivity contribution in [2.45, 2.75) is 6.54 Å². The van der Waals surface area contributed by atoms with Crippen LogP contribution in [0.2, 0.25) is 0 Å². The van der Waals surface area contributed by atoms with Gasteiger partial charge in [0.2, 0.25) is 0 Å². The molecule has 1 aromatic heterocycles. The first-order chi connectivity index (χ1) is 6.09. The molecule has 0 aromatic carbocycles. The van der Waals surface area contributed by atoms with E-state index in [1.165, 1.54) is 0 Å². The zero-order valence-electron chi connectivity index (χ0n) is 6.51. The maximum atomic E-state index is 11.3. The minimum Gasteiger partial charge on any atom is -0.425 e. The van der Waals surface area contributed by atoms with Gasteiger partial charge in [-0.2, -0.15) is 0 Å². The second-order valence-electron chi connectivity index (χ2n) is 2.68. The standard InChI is InChI=1S/C8H5Br2NO2/c1-4-3-11-6(8(12)13-4)2-5(9)7(11)10/h2H,1,3H2. The van der Waals surface area contributed by atoms with Crippen LogP contribution in [0.5, 0.6) is 0 Å². The summed E-state index contributed by atoms with van der Waals surface area (Å²) in [7, 11) is 0. The molecular weight excluding hydrogens is 302 g/mol. The van der Waals surface area contributed by atoms with Crippen LogP contribution in [0.4, 0.5) is 0 Å². The Morgan fingerprint density at radius 1 is 1.54 bits per heavy atom. The molecule has 68 valence electrons. The van der Waals surface area contributed by atoms with E-state index in [-0.39, 0.29) is 5.97 Å². The normalized spacial score (nSPS) is 15.5. The van der Waals surface area contributed by atoms with Crippen LogP contribution in [0.15, 0.2) is 27.5 Å². The highest BCUT2D eigenvalue weighted by Crippen LogP contribution is 2.30. The Morgan fingerprint density at radius 2 is 2.23 bits per heavy atom. The van der Waals surface area contributed by atoms with Gasteiger partial charge in [0, 0.05) is 0 Å². The Morgan fingerprint density at radius 3 is 2.92 bits per heavy atom. The van der Waals surface area contributed by atoms with Crippen LogP contribution >= 0.6 is 31.9 Å². The average molecular weight is 307 g/mol. The quantitative estimate of drug-likeness (QED) is 0.690. The Balaban J connectivity index is 2.61. The lowest BCUT2D eigenvalue weighted by atomic mass is 10.4. The molecule has 0 fully saturated rings. The first-order valence-electron chi connectivity index (χ1n) is 3.54. The van der Waals surface area contributed by atoms with Crippen molar-refractivity contribution in [2.24, 2.45) is 0 Å². The number of aromatic nitrogens is 1. The van der Waals surface area contributed by atoms with Gasteiger partial charge < -0.3 is 9.30 Å². The third kappa shape index (κ3) is 1.36. The summed E-state index contributed by atoms with van der Waals surface area (Å²) in [5, 5.41) is 0. The van der Waals surface area contributed by atoms with Crippen LogP contribution in [0.25, 0.3) is 0 Å². The van der Waals surface area contributed by atoms with Crippen LogP contribution in [-0.2, 0) is 11.3 Å². The smallest absolute Gasteiger partial charge is 0.360 e. The SMILES string of the molecule is C=C1Cn2c(cc(Br)c2Br)C(=O)O1. The van der Waals surface area contributed by atoms with E-state index in [1.54, 1.807) is 10.6 Å². The number of cyclic esters (lactones) is 1. The Labute approximate surface area is 91.6 Å². The minimum atomic E-state index is -0.359. The molecule has 0 amide bonds. The summed E-state index contributed by atoms with van der Waals surface area (Å²) in [4.78, 5) is 11.3. The Bertz CT molecular complexity index is 409. The molecule has 0 N–H and O–H groups in total. The largest absolute Gasteiger partial charge is 0.425 e. The molecular formula is C8H5Br2NO2. The van der Waals surface area contributed by atoms with Crippen molar-refractivity contribution in [3.8, 4) is 0 Å². The molecule has 1 aromatic rings. The van der Waals surface area contributed by atoms with Gasteiger partial charge in [-0.3, -0.25) is 0 Å². The number of esters is 1. The molecule has 5 heteroatoms. The number of carbonyl (C=O) groups excluding carboxylic acids is 1. The van der Waals surface area contributed by atoms with E-state index in [0.717, 1.165) is 9.08 Å². The van der Waals surface area contributed by atoms with Gasteiger partial charge in [0.25, 0.3) is 0 Å². The number of halogens is 2. The Kier molecular flexibility index (Phi) is 2.08. The van der Waals surface area contributed by atoms with Gasteiger partial charge in [-0.25, -0.2) is 4.79 Å². The molecule has 0 spiro atoms. The van der Waals surface area contributed by atoms with E-state index in [2.05, 4.69) is 38.4 Å². The molecule has 2 heterocycles. The van der Waals surface area contributed by atoms with E-state index in [9.17, 15) is 4.79 Å². The molecule has 0 saturated carbocycles. The maximum Gasteiger partial charge on any atom is 0.360 e. The highest BCUT2D eigenvalue weighted by Gasteiger charge is 2.24. The second kappa shape index (κ2) is 2.99. The predicted octanol–water partition coefficient (Wildman–Crippen LogP) is 2.70. The molecule has 0 saturated heterocycles. The number of hydrogen-bond donors (Lipinski definition) is 0. The summed E-state index contributed by atoms with van der Waals surface area (Å²) in [6.07, 6.45) is 0. The summed E-state index contributed by atoms with van der Waals surface area (Å²) in [6.45, 7) is 4.12. The van der Waals surface area contributed by atoms with E-state index in [0.29, 0.717) is 18.0 Å². The number of rotatable bonds is 0. The molecule has 0 unspecified atom stereocenters. The molecule has 1 aliphatic heterocycles. The summed E-state index contributed by atoms with van der Waals surface area (Å²) in [5.41, 5.74) is 0.533. The average Bonchev–Trinajstić information content (AvgIpc) is 2.32. The summed E-state index contributed by atoms with van der Waals surface area (Å²) in [5.74, 6) is 0.101. The van der Waals surface area contributed by atoms with Crippen molar-refractivity contribution in [3.05, 3.63) is 33.2 Å². The highest BCUT2D eigenvalue weighted by atomic mass is 79.9. The van der Waals surface area contributed by atoms with Crippen molar-refractivity contribution in [3.63, 3.8) is 0 Å².